The number of aromatic nitrogens is 4. The molecule has 0 spiro atoms. The van der Waals surface area contributed by atoms with Crippen LogP contribution in [0.25, 0.3) is 0 Å². The third-order valence-electron chi connectivity index (χ3n) is 4.14. The fraction of sp³-hybridized carbons (Fsp3) is 0.211. The average molecular weight is 397 g/mol. The summed E-state index contributed by atoms with van der Waals surface area (Å²) in [7, 11) is 1.56. The van der Waals surface area contributed by atoms with Gasteiger partial charge in [0.05, 0.1) is 13.4 Å². The predicted molar refractivity (Wildman–Crippen MR) is 102 cm³/mol. The minimum absolute atomic E-state index is 0.0168. The second kappa shape index (κ2) is 8.83. The van der Waals surface area contributed by atoms with Gasteiger partial charge in [-0.05, 0) is 17.7 Å². The Morgan fingerprint density at radius 3 is 2.66 bits per heavy atom. The summed E-state index contributed by atoms with van der Waals surface area (Å²) in [6.45, 7) is 0. The first kappa shape index (κ1) is 19.8. The summed E-state index contributed by atoms with van der Waals surface area (Å²) in [4.78, 5) is 49.3. The van der Waals surface area contributed by atoms with Crippen molar-refractivity contribution in [3.8, 4) is 5.75 Å². The highest BCUT2D eigenvalue weighted by molar-refractivity contribution is 5.94. The lowest BCUT2D eigenvalue weighted by Gasteiger charge is -2.13. The van der Waals surface area contributed by atoms with Crippen molar-refractivity contribution in [2.24, 2.45) is 0 Å². The lowest BCUT2D eigenvalue weighted by molar-refractivity contribution is -0.139. The maximum Gasteiger partial charge on any atom is 0.326 e. The first-order chi connectivity index (χ1) is 13.9. The molecule has 3 aromatic rings. The first-order valence-electron chi connectivity index (χ1n) is 8.68. The number of H-pyrrole nitrogens is 2. The average Bonchev–Trinajstić information content (AvgIpc) is 3.20. The Hall–Kier alpha value is -3.95. The molecule has 0 radical (unpaired) electrons. The van der Waals surface area contributed by atoms with E-state index >= 15 is 0 Å². The van der Waals surface area contributed by atoms with Gasteiger partial charge in [-0.2, -0.15) is 0 Å². The van der Waals surface area contributed by atoms with Gasteiger partial charge in [0.1, 0.15) is 23.3 Å². The Balaban J connectivity index is 1.75. The number of nitrogens with one attached hydrogen (secondary N) is 3. The van der Waals surface area contributed by atoms with Gasteiger partial charge in [0.15, 0.2) is 0 Å². The minimum Gasteiger partial charge on any atom is -0.497 e. The van der Waals surface area contributed by atoms with Crippen LogP contribution in [0, 0.1) is 0 Å². The molecule has 2 heterocycles. The predicted octanol–water partition coefficient (Wildman–Crippen LogP) is 0.518. The normalized spacial score (nSPS) is 11.6. The van der Waals surface area contributed by atoms with Crippen LogP contribution < -0.4 is 15.6 Å². The highest BCUT2D eigenvalue weighted by Gasteiger charge is 2.23. The van der Waals surface area contributed by atoms with E-state index in [1.165, 1.54) is 12.5 Å². The van der Waals surface area contributed by atoms with Crippen molar-refractivity contribution in [1.29, 1.82) is 0 Å². The van der Waals surface area contributed by atoms with E-state index in [9.17, 15) is 19.5 Å². The highest BCUT2D eigenvalue weighted by atomic mass is 16.5. The molecule has 0 aliphatic carbocycles. The summed E-state index contributed by atoms with van der Waals surface area (Å²) in [5.74, 6) is -0.983. The third kappa shape index (κ3) is 5.28. The van der Waals surface area contributed by atoms with E-state index in [-0.39, 0.29) is 24.4 Å². The Bertz CT molecular complexity index is 1040. The minimum atomic E-state index is -1.21. The summed E-state index contributed by atoms with van der Waals surface area (Å²) in [5, 5.41) is 11.8. The second-order valence-corrected chi connectivity index (χ2v) is 6.25. The Morgan fingerprint density at radius 1 is 1.28 bits per heavy atom. The lowest BCUT2D eigenvalue weighted by atomic mass is 10.1. The highest BCUT2D eigenvalue weighted by Crippen LogP contribution is 2.13. The summed E-state index contributed by atoms with van der Waals surface area (Å²) in [6, 6.07) is 7.01. The number of amides is 1. The number of benzene rings is 1. The third-order valence-corrected chi connectivity index (χ3v) is 4.14. The zero-order valence-electron chi connectivity index (χ0n) is 15.5. The molecule has 0 saturated carbocycles. The Kier molecular flexibility index (Phi) is 6.03. The fourth-order valence-electron chi connectivity index (χ4n) is 2.69. The molecule has 1 amide bonds. The van der Waals surface area contributed by atoms with Gasteiger partial charge in [-0.1, -0.05) is 12.1 Å². The van der Waals surface area contributed by atoms with Crippen LogP contribution in [0.3, 0.4) is 0 Å². The van der Waals surface area contributed by atoms with Crippen LogP contribution in [0.2, 0.25) is 0 Å². The molecule has 0 bridgehead atoms. The molecule has 0 saturated heterocycles. The summed E-state index contributed by atoms with van der Waals surface area (Å²) < 4.78 is 5.10. The van der Waals surface area contributed by atoms with Crippen LogP contribution in [0.1, 0.15) is 27.6 Å². The number of hydrogen-bond acceptors (Lipinski definition) is 6. The number of carbonyl (C=O) groups excluding carboxylic acids is 1. The molecule has 1 atom stereocenters. The number of rotatable bonds is 8. The van der Waals surface area contributed by atoms with E-state index in [4.69, 9.17) is 4.74 Å². The zero-order valence-corrected chi connectivity index (χ0v) is 15.5. The van der Waals surface area contributed by atoms with Gasteiger partial charge in [0.25, 0.3) is 11.5 Å². The second-order valence-electron chi connectivity index (χ2n) is 6.25. The van der Waals surface area contributed by atoms with E-state index < -0.39 is 23.5 Å². The largest absolute Gasteiger partial charge is 0.497 e. The number of carbonyl (C=O) groups is 2. The van der Waals surface area contributed by atoms with Gasteiger partial charge in [-0.25, -0.2) is 14.8 Å². The van der Waals surface area contributed by atoms with Crippen molar-refractivity contribution in [2.45, 2.75) is 18.9 Å². The number of imidazole rings is 1. The molecule has 3 rings (SSSR count). The topological polar surface area (TPSA) is 150 Å². The molecule has 1 unspecified atom stereocenters. The van der Waals surface area contributed by atoms with Crippen LogP contribution >= 0.6 is 0 Å². The number of hydrogen-bond donors (Lipinski definition) is 4. The number of methoxy groups -OCH3 is 1. The van der Waals surface area contributed by atoms with Gasteiger partial charge < -0.3 is 25.1 Å². The van der Waals surface area contributed by atoms with Crippen molar-refractivity contribution in [2.75, 3.05) is 7.11 Å². The van der Waals surface area contributed by atoms with Crippen molar-refractivity contribution in [3.05, 3.63) is 76.0 Å². The first-order valence-corrected chi connectivity index (χ1v) is 8.68. The molecule has 0 fully saturated rings. The van der Waals surface area contributed by atoms with E-state index in [0.717, 1.165) is 11.6 Å². The quantitative estimate of drug-likeness (QED) is 0.433. The molecule has 150 valence electrons. The molecule has 1 aromatic carbocycles. The molecule has 4 N–H and O–H groups in total. The zero-order chi connectivity index (χ0) is 20.8. The van der Waals surface area contributed by atoms with Gasteiger partial charge in [0, 0.05) is 30.8 Å². The molecule has 0 aliphatic heterocycles. The van der Waals surface area contributed by atoms with Crippen LogP contribution in [-0.2, 0) is 17.6 Å². The standard InChI is InChI=1S/C19H19N5O5/c1-29-13-4-2-11(3-5-13)6-16-22-14(8-17(25)24-16)18(26)23-15(19(27)28)7-12-9-20-10-21-12/h2-5,8-10,15H,6-7H2,1H3,(H,20,21)(H,23,26)(H,27,28)(H,22,24,25). The summed E-state index contributed by atoms with van der Waals surface area (Å²) in [5.41, 5.74) is 0.744. The smallest absolute Gasteiger partial charge is 0.326 e. The van der Waals surface area contributed by atoms with E-state index in [1.807, 2.05) is 12.1 Å². The summed E-state index contributed by atoms with van der Waals surface area (Å²) in [6.07, 6.45) is 3.19. The molecule has 2 aromatic heterocycles. The monoisotopic (exact) mass is 397 g/mol. The van der Waals surface area contributed by atoms with Crippen LogP contribution in [-0.4, -0.2) is 50.1 Å². The Morgan fingerprint density at radius 2 is 2.03 bits per heavy atom. The van der Waals surface area contributed by atoms with Gasteiger partial charge in [0.2, 0.25) is 0 Å². The molecule has 10 heteroatoms. The molecular weight excluding hydrogens is 378 g/mol. The summed E-state index contributed by atoms with van der Waals surface area (Å²) >= 11 is 0. The van der Waals surface area contributed by atoms with Crippen molar-refractivity contribution in [1.82, 2.24) is 25.3 Å². The number of aromatic amines is 2. The Labute approximate surface area is 165 Å². The van der Waals surface area contributed by atoms with Crippen molar-refractivity contribution >= 4 is 11.9 Å². The van der Waals surface area contributed by atoms with Gasteiger partial charge in [-0.3, -0.25) is 9.59 Å². The van der Waals surface area contributed by atoms with Gasteiger partial charge in [-0.15, -0.1) is 0 Å². The van der Waals surface area contributed by atoms with Crippen LogP contribution in [0.4, 0.5) is 0 Å². The van der Waals surface area contributed by atoms with E-state index in [1.54, 1.807) is 19.2 Å². The molecule has 10 nitrogen and oxygen atoms in total. The fourth-order valence-corrected chi connectivity index (χ4v) is 2.69. The SMILES string of the molecule is COc1ccc(Cc2nc(C(=O)NC(Cc3cnc[nH]3)C(=O)O)cc(=O)[nH]2)cc1. The van der Waals surface area contributed by atoms with Crippen LogP contribution in [0.5, 0.6) is 5.75 Å². The molecule has 29 heavy (non-hydrogen) atoms. The van der Waals surface area contributed by atoms with Crippen molar-refractivity contribution < 1.29 is 19.4 Å². The number of ether oxygens (including phenoxy) is 1. The number of carboxylic acid groups (broad SMARTS) is 1. The number of nitrogens with zero attached hydrogens (tertiary/aromatic N) is 2. The number of carboxylic acids is 1. The van der Waals surface area contributed by atoms with Crippen LogP contribution in [0.15, 0.2) is 47.7 Å². The maximum absolute atomic E-state index is 12.5. The lowest BCUT2D eigenvalue weighted by Crippen LogP contribution is -2.43. The van der Waals surface area contributed by atoms with Gasteiger partial charge >= 0.3 is 5.97 Å². The molecule has 0 aliphatic rings. The molecular formula is C19H19N5O5. The number of aliphatic carboxylic acids is 1. The van der Waals surface area contributed by atoms with Crippen molar-refractivity contribution in [3.63, 3.8) is 0 Å². The maximum atomic E-state index is 12.5. The van der Waals surface area contributed by atoms with E-state index in [2.05, 4.69) is 25.3 Å². The van der Waals surface area contributed by atoms with E-state index in [0.29, 0.717) is 11.4 Å².